The van der Waals surface area contributed by atoms with Crippen molar-refractivity contribution < 1.29 is 23.5 Å². The van der Waals surface area contributed by atoms with Gasteiger partial charge in [0, 0.05) is 37.7 Å². The van der Waals surface area contributed by atoms with E-state index in [9.17, 15) is 18.8 Å². The molecule has 7 heteroatoms. The molecule has 2 atom stereocenters. The molecule has 4 rings (SSSR count). The maximum atomic E-state index is 14.6. The minimum Gasteiger partial charge on any atom is -0.460 e. The number of fused-ring (bicyclic) bond motifs is 1. The number of aryl methyl sites for hydroxylation is 1. The summed E-state index contributed by atoms with van der Waals surface area (Å²) in [6, 6.07) is 14.1. The summed E-state index contributed by atoms with van der Waals surface area (Å²) < 4.78 is 20.3. The van der Waals surface area contributed by atoms with Crippen LogP contribution in [-0.4, -0.2) is 47.4 Å². The minimum absolute atomic E-state index is 0.0524. The van der Waals surface area contributed by atoms with Gasteiger partial charge in [-0.25, -0.2) is 4.39 Å². The molecule has 2 aromatic rings. The fraction of sp³-hybridized carbons (Fsp3) is 0.500. The van der Waals surface area contributed by atoms with Crippen molar-refractivity contribution in [3.63, 3.8) is 0 Å². The fourth-order valence-electron chi connectivity index (χ4n) is 5.37. The number of carbonyl (C=O) groups excluding carboxylic acids is 3. The second-order valence-electron chi connectivity index (χ2n) is 11.5. The van der Waals surface area contributed by atoms with Gasteiger partial charge < -0.3 is 14.5 Å². The number of carbonyl (C=O) groups is 3. The first-order valence-corrected chi connectivity index (χ1v) is 13.1. The number of amides is 2. The normalized spacial score (nSPS) is 19.4. The van der Waals surface area contributed by atoms with Crippen molar-refractivity contribution in [2.45, 2.75) is 77.9 Å². The molecule has 0 bridgehead atoms. The molecular formula is C30H37FN2O4. The summed E-state index contributed by atoms with van der Waals surface area (Å²) in [6.07, 6.45) is 2.75. The number of hydrogen-bond donors (Lipinski definition) is 0. The number of anilines is 1. The summed E-state index contributed by atoms with van der Waals surface area (Å²) in [5.74, 6) is -1.04. The predicted octanol–water partition coefficient (Wildman–Crippen LogP) is 5.08. The van der Waals surface area contributed by atoms with Gasteiger partial charge in [0.2, 0.25) is 11.8 Å². The molecule has 198 valence electrons. The smallest absolute Gasteiger partial charge is 0.313 e. The highest BCUT2D eigenvalue weighted by Crippen LogP contribution is 2.35. The lowest BCUT2D eigenvalue weighted by atomic mass is 9.79. The third kappa shape index (κ3) is 6.20. The van der Waals surface area contributed by atoms with Gasteiger partial charge in [-0.05, 0) is 76.6 Å². The summed E-state index contributed by atoms with van der Waals surface area (Å²) >= 11 is 0. The maximum Gasteiger partial charge on any atom is 0.313 e. The number of likely N-dealkylation sites (tertiary alicyclic amines) is 1. The molecule has 0 spiro atoms. The predicted molar refractivity (Wildman–Crippen MR) is 141 cm³/mol. The van der Waals surface area contributed by atoms with Gasteiger partial charge in [0.1, 0.15) is 11.4 Å². The number of para-hydroxylation sites is 1. The van der Waals surface area contributed by atoms with Crippen LogP contribution in [0.15, 0.2) is 48.5 Å². The van der Waals surface area contributed by atoms with Crippen LogP contribution in [-0.2, 0) is 32.0 Å². The molecule has 0 radical (unpaired) electrons. The van der Waals surface area contributed by atoms with E-state index in [-0.39, 0.29) is 30.7 Å². The largest absolute Gasteiger partial charge is 0.460 e. The third-order valence-electron chi connectivity index (χ3n) is 7.25. The molecule has 2 aromatic carbocycles. The van der Waals surface area contributed by atoms with Crippen molar-refractivity contribution in [2.24, 2.45) is 5.41 Å². The second kappa shape index (κ2) is 10.6. The van der Waals surface area contributed by atoms with E-state index in [1.165, 1.54) is 6.07 Å². The number of nitrogens with zero attached hydrogens (tertiary/aromatic N) is 2. The molecule has 2 amide bonds. The highest BCUT2D eigenvalue weighted by Gasteiger charge is 2.43. The van der Waals surface area contributed by atoms with Crippen molar-refractivity contribution >= 4 is 23.5 Å². The molecular weight excluding hydrogens is 471 g/mol. The Morgan fingerprint density at radius 2 is 1.73 bits per heavy atom. The molecule has 1 fully saturated rings. The number of halogens is 1. The van der Waals surface area contributed by atoms with Crippen LogP contribution in [0.3, 0.4) is 0 Å². The van der Waals surface area contributed by atoms with E-state index in [0.29, 0.717) is 25.1 Å². The summed E-state index contributed by atoms with van der Waals surface area (Å²) in [5.41, 5.74) is 0.441. The molecule has 0 aromatic heterocycles. The van der Waals surface area contributed by atoms with Crippen LogP contribution in [0, 0.1) is 11.2 Å². The van der Waals surface area contributed by atoms with Gasteiger partial charge >= 0.3 is 5.97 Å². The molecule has 2 aliphatic rings. The monoisotopic (exact) mass is 508 g/mol. The summed E-state index contributed by atoms with van der Waals surface area (Å²) in [6.45, 7) is 8.01. The van der Waals surface area contributed by atoms with Crippen LogP contribution >= 0.6 is 0 Å². The topological polar surface area (TPSA) is 66.9 Å². The molecule has 0 aliphatic carbocycles. The molecule has 1 saturated heterocycles. The van der Waals surface area contributed by atoms with Crippen molar-refractivity contribution in [3.05, 3.63) is 65.5 Å². The van der Waals surface area contributed by atoms with Gasteiger partial charge in [-0.3, -0.25) is 14.4 Å². The summed E-state index contributed by atoms with van der Waals surface area (Å²) in [7, 11) is 0. The highest BCUT2D eigenvalue weighted by atomic mass is 19.1. The van der Waals surface area contributed by atoms with E-state index in [2.05, 4.69) is 0 Å². The lowest BCUT2D eigenvalue weighted by Crippen LogP contribution is -2.48. The summed E-state index contributed by atoms with van der Waals surface area (Å²) in [4.78, 5) is 43.5. The van der Waals surface area contributed by atoms with Crippen LogP contribution in [0.4, 0.5) is 10.1 Å². The Balaban J connectivity index is 1.54. The van der Waals surface area contributed by atoms with Crippen LogP contribution in [0.25, 0.3) is 0 Å². The van der Waals surface area contributed by atoms with Crippen molar-refractivity contribution in [2.75, 3.05) is 18.0 Å². The van der Waals surface area contributed by atoms with Crippen LogP contribution < -0.4 is 4.90 Å². The van der Waals surface area contributed by atoms with E-state index < -0.39 is 22.8 Å². The van der Waals surface area contributed by atoms with E-state index in [1.54, 1.807) is 50.8 Å². The Hall–Kier alpha value is -3.22. The van der Waals surface area contributed by atoms with Gasteiger partial charge in [0.05, 0.1) is 5.41 Å². The Morgan fingerprint density at radius 3 is 2.46 bits per heavy atom. The molecule has 2 heterocycles. The lowest BCUT2D eigenvalue weighted by Gasteiger charge is -2.36. The average molecular weight is 509 g/mol. The Bertz CT molecular complexity index is 1170. The first-order chi connectivity index (χ1) is 17.5. The maximum absolute atomic E-state index is 14.6. The first-order valence-electron chi connectivity index (χ1n) is 13.1. The zero-order valence-electron chi connectivity index (χ0n) is 22.3. The third-order valence-corrected chi connectivity index (χ3v) is 7.25. The van der Waals surface area contributed by atoms with E-state index in [0.717, 1.165) is 30.5 Å². The summed E-state index contributed by atoms with van der Waals surface area (Å²) in [5, 5.41) is 0. The van der Waals surface area contributed by atoms with Gasteiger partial charge in [-0.1, -0.05) is 36.4 Å². The zero-order valence-corrected chi connectivity index (χ0v) is 22.3. The number of esters is 1. The van der Waals surface area contributed by atoms with Crippen LogP contribution in [0.1, 0.15) is 64.5 Å². The Labute approximate surface area is 218 Å². The first kappa shape index (κ1) is 26.8. The van der Waals surface area contributed by atoms with Crippen molar-refractivity contribution in [3.8, 4) is 0 Å². The van der Waals surface area contributed by atoms with E-state index >= 15 is 0 Å². The zero-order chi connectivity index (χ0) is 26.8. The highest BCUT2D eigenvalue weighted by molar-refractivity contribution is 5.96. The van der Waals surface area contributed by atoms with Crippen molar-refractivity contribution in [1.29, 1.82) is 0 Å². The number of hydrogen-bond acceptors (Lipinski definition) is 4. The standard InChI is InChI=1S/C30H37FN2O4/c1-29(2,3)37-28(36)30(4,18-22-11-5-7-13-24(22)31)19-27(35)32-17-9-12-23(32)20-33-25-14-8-6-10-21(25)15-16-26(33)34/h5-8,10-11,13-14,23H,9,12,15-20H2,1-4H3/t23?,30-/m0/s1. The second-order valence-corrected chi connectivity index (χ2v) is 11.5. The lowest BCUT2D eigenvalue weighted by molar-refractivity contribution is -0.169. The van der Waals surface area contributed by atoms with Crippen LogP contribution in [0.5, 0.6) is 0 Å². The van der Waals surface area contributed by atoms with Crippen molar-refractivity contribution in [1.82, 2.24) is 4.90 Å². The van der Waals surface area contributed by atoms with Gasteiger partial charge in [-0.2, -0.15) is 0 Å². The molecule has 1 unspecified atom stereocenters. The molecule has 2 aliphatic heterocycles. The van der Waals surface area contributed by atoms with Crippen LogP contribution in [0.2, 0.25) is 0 Å². The molecule has 37 heavy (non-hydrogen) atoms. The molecule has 6 nitrogen and oxygen atoms in total. The van der Waals surface area contributed by atoms with Gasteiger partial charge in [0.25, 0.3) is 0 Å². The molecule has 0 saturated carbocycles. The Morgan fingerprint density at radius 1 is 1.03 bits per heavy atom. The molecule has 0 N–H and O–H groups in total. The number of rotatable bonds is 7. The fourth-order valence-corrected chi connectivity index (χ4v) is 5.37. The SMILES string of the molecule is CC(C)(C)OC(=O)[C@](C)(CC(=O)N1CCCC1CN1C(=O)CCc2ccccc21)Cc1ccccc1F. The van der Waals surface area contributed by atoms with E-state index in [4.69, 9.17) is 4.74 Å². The van der Waals surface area contributed by atoms with Gasteiger partial charge in [-0.15, -0.1) is 0 Å². The van der Waals surface area contributed by atoms with E-state index in [1.807, 2.05) is 29.2 Å². The van der Waals surface area contributed by atoms with Gasteiger partial charge in [0.15, 0.2) is 0 Å². The quantitative estimate of drug-likeness (QED) is 0.490. The average Bonchev–Trinajstić information content (AvgIpc) is 3.30. The Kier molecular flexibility index (Phi) is 7.72. The number of benzene rings is 2. The number of ether oxygens (including phenoxy) is 1. The minimum atomic E-state index is -1.24.